The molecule has 0 aliphatic rings. The van der Waals surface area contributed by atoms with E-state index < -0.39 is 17.1 Å². The average molecular weight is 663 g/mol. The number of carbonyl (C=O) groups is 4. The van der Waals surface area contributed by atoms with Crippen LogP contribution in [0.4, 0.5) is 10.8 Å². The first kappa shape index (κ1) is 33.4. The number of thioether (sulfide) groups is 1. The highest BCUT2D eigenvalue weighted by atomic mass is 35.5. The summed E-state index contributed by atoms with van der Waals surface area (Å²) in [6, 6.07) is 22.6. The number of halogens is 1. The first-order valence-electron chi connectivity index (χ1n) is 14.1. The molecule has 3 N–H and O–H groups in total. The number of hydrogen-bond donors (Lipinski definition) is 3. The van der Waals surface area contributed by atoms with E-state index in [1.807, 2.05) is 13.0 Å². The Morgan fingerprint density at radius 3 is 2.47 bits per heavy atom. The number of nitrogens with zero attached hydrogens (tertiary/aromatic N) is 1. The molecule has 0 radical (unpaired) electrons. The number of benzene rings is 3. The van der Waals surface area contributed by atoms with E-state index >= 15 is 0 Å². The number of nitrogens with one attached hydrogen (secondary N) is 3. The van der Waals surface area contributed by atoms with Gasteiger partial charge in [0.25, 0.3) is 11.8 Å². The molecule has 12 heteroatoms. The molecule has 9 nitrogen and oxygen atoms in total. The van der Waals surface area contributed by atoms with Crippen molar-refractivity contribution in [1.82, 2.24) is 10.3 Å². The van der Waals surface area contributed by atoms with Crippen LogP contribution >= 0.6 is 34.7 Å². The molecule has 0 saturated carbocycles. The van der Waals surface area contributed by atoms with Crippen LogP contribution in [-0.4, -0.2) is 40.5 Å². The number of amides is 3. The average Bonchev–Trinajstić information content (AvgIpc) is 3.47. The first-order chi connectivity index (χ1) is 21.7. The van der Waals surface area contributed by atoms with E-state index in [4.69, 9.17) is 16.3 Å². The number of carbonyl (C=O) groups excluding carboxylic acids is 4. The van der Waals surface area contributed by atoms with Crippen LogP contribution in [0, 0.1) is 0 Å². The van der Waals surface area contributed by atoms with Crippen molar-refractivity contribution in [2.24, 2.45) is 0 Å². The summed E-state index contributed by atoms with van der Waals surface area (Å²) in [6.07, 6.45) is 2.09. The second-order valence-electron chi connectivity index (χ2n) is 9.51. The lowest BCUT2D eigenvalue weighted by Gasteiger charge is -2.15. The highest BCUT2D eigenvalue weighted by Crippen LogP contribution is 2.29. The van der Waals surface area contributed by atoms with Crippen molar-refractivity contribution in [3.05, 3.63) is 112 Å². The smallest absolute Gasteiger partial charge is 0.311 e. The topological polar surface area (TPSA) is 126 Å². The maximum atomic E-state index is 13.5. The second-order valence-corrected chi connectivity index (χ2v) is 12.1. The molecule has 45 heavy (non-hydrogen) atoms. The number of rotatable bonds is 13. The van der Waals surface area contributed by atoms with Gasteiger partial charge in [-0.1, -0.05) is 61.0 Å². The van der Waals surface area contributed by atoms with Crippen molar-refractivity contribution in [1.29, 1.82) is 0 Å². The molecule has 4 aromatic rings. The van der Waals surface area contributed by atoms with E-state index in [9.17, 15) is 19.2 Å². The molecule has 1 aromatic heterocycles. The lowest BCUT2D eigenvalue weighted by atomic mass is 10.1. The lowest BCUT2D eigenvalue weighted by Crippen LogP contribution is -2.30. The van der Waals surface area contributed by atoms with Crippen LogP contribution in [0.2, 0.25) is 5.02 Å². The Kier molecular flexibility index (Phi) is 12.3. The molecule has 0 bridgehead atoms. The van der Waals surface area contributed by atoms with Gasteiger partial charge in [-0.3, -0.25) is 19.2 Å². The molecule has 0 saturated heterocycles. The summed E-state index contributed by atoms with van der Waals surface area (Å²) in [5.41, 5.74) is 1.97. The Balaban J connectivity index is 1.45. The number of esters is 1. The molecule has 0 spiro atoms. The fourth-order valence-electron chi connectivity index (χ4n) is 4.01. The van der Waals surface area contributed by atoms with Gasteiger partial charge >= 0.3 is 5.97 Å². The van der Waals surface area contributed by atoms with Crippen LogP contribution in [0.15, 0.2) is 94.8 Å². The van der Waals surface area contributed by atoms with E-state index in [1.165, 1.54) is 29.2 Å². The molecule has 1 atom stereocenters. The van der Waals surface area contributed by atoms with Gasteiger partial charge in [-0.05, 0) is 61.4 Å². The normalized spacial score (nSPS) is 11.8. The Hall–Kier alpha value is -4.45. The predicted octanol–water partition coefficient (Wildman–Crippen LogP) is 6.82. The molecular weight excluding hydrogens is 632 g/mol. The number of aromatic nitrogens is 1. The van der Waals surface area contributed by atoms with Crippen LogP contribution in [-0.2, 0) is 25.5 Å². The third kappa shape index (κ3) is 10.0. The second kappa shape index (κ2) is 16.6. The van der Waals surface area contributed by atoms with Crippen molar-refractivity contribution >= 4 is 75.3 Å². The first-order valence-corrected chi connectivity index (χ1v) is 16.2. The quantitative estimate of drug-likeness (QED) is 0.0815. The lowest BCUT2D eigenvalue weighted by molar-refractivity contribution is -0.142. The maximum absolute atomic E-state index is 13.5. The van der Waals surface area contributed by atoms with Gasteiger partial charge in [0.1, 0.15) is 5.70 Å². The Bertz CT molecular complexity index is 1690. The Morgan fingerprint density at radius 1 is 0.978 bits per heavy atom. The maximum Gasteiger partial charge on any atom is 0.311 e. The van der Waals surface area contributed by atoms with Gasteiger partial charge in [-0.15, -0.1) is 23.1 Å². The van der Waals surface area contributed by atoms with Crippen LogP contribution in [0.25, 0.3) is 6.08 Å². The van der Waals surface area contributed by atoms with E-state index in [2.05, 4.69) is 20.9 Å². The highest BCUT2D eigenvalue weighted by Gasteiger charge is 2.21. The van der Waals surface area contributed by atoms with E-state index in [0.717, 1.165) is 4.90 Å². The molecule has 0 fully saturated rings. The SMILES string of the molecule is CCOC(=O)Cc1csc(NC(=O)C(CC)Sc2cccc(NC(=O)/C(=C\c3ccccc3Cl)NC(=O)c3ccccc3)c2)n1. The van der Waals surface area contributed by atoms with Crippen molar-refractivity contribution in [2.45, 2.75) is 36.8 Å². The predicted molar refractivity (Wildman–Crippen MR) is 179 cm³/mol. The van der Waals surface area contributed by atoms with Gasteiger partial charge in [-0.25, -0.2) is 4.98 Å². The molecule has 4 rings (SSSR count). The van der Waals surface area contributed by atoms with Crippen molar-refractivity contribution in [2.75, 3.05) is 17.2 Å². The fourth-order valence-corrected chi connectivity index (χ4v) is 5.93. The number of ether oxygens (including phenoxy) is 1. The summed E-state index contributed by atoms with van der Waals surface area (Å²) in [5, 5.41) is 10.5. The van der Waals surface area contributed by atoms with Gasteiger partial charge in [0.15, 0.2) is 5.13 Å². The van der Waals surface area contributed by atoms with Gasteiger partial charge < -0.3 is 20.7 Å². The molecule has 0 aliphatic heterocycles. The van der Waals surface area contributed by atoms with Gasteiger partial charge in [0.2, 0.25) is 5.91 Å². The zero-order valence-corrected chi connectivity index (χ0v) is 26.9. The molecule has 3 amide bonds. The van der Waals surface area contributed by atoms with E-state index in [0.29, 0.717) is 39.1 Å². The number of anilines is 2. The van der Waals surface area contributed by atoms with E-state index in [-0.39, 0.29) is 30.6 Å². The van der Waals surface area contributed by atoms with Crippen molar-refractivity contribution in [3.63, 3.8) is 0 Å². The highest BCUT2D eigenvalue weighted by molar-refractivity contribution is 8.00. The summed E-state index contributed by atoms with van der Waals surface area (Å²) in [7, 11) is 0. The molecule has 232 valence electrons. The third-order valence-corrected chi connectivity index (χ3v) is 8.69. The fraction of sp³-hybridized carbons (Fsp3) is 0.182. The van der Waals surface area contributed by atoms with Gasteiger partial charge in [-0.2, -0.15) is 0 Å². The zero-order chi connectivity index (χ0) is 32.2. The third-order valence-electron chi connectivity index (χ3n) is 6.18. The standard InChI is InChI=1S/C33H31ClN4O5S2/c1-3-28(32(42)38-33-36-24(20-44-33)19-29(39)43-4-2)45-25-15-10-14-23(18-25)35-31(41)27(17-22-13-8-9-16-26(22)34)37-30(40)21-11-6-5-7-12-21/h5-18,20,28H,3-4,19H2,1-2H3,(H,35,41)(H,37,40)(H,36,38,42)/b27-17+. The number of hydrogen-bond acceptors (Lipinski definition) is 8. The van der Waals surface area contributed by atoms with Crippen molar-refractivity contribution in [3.8, 4) is 0 Å². The summed E-state index contributed by atoms with van der Waals surface area (Å²) in [4.78, 5) is 56.3. The van der Waals surface area contributed by atoms with Gasteiger partial charge in [0.05, 0.1) is 24.0 Å². The molecular formula is C33H31ClN4O5S2. The summed E-state index contributed by atoms with van der Waals surface area (Å²) >= 11 is 8.91. The monoisotopic (exact) mass is 662 g/mol. The summed E-state index contributed by atoms with van der Waals surface area (Å²) < 4.78 is 4.95. The Morgan fingerprint density at radius 2 is 1.73 bits per heavy atom. The largest absolute Gasteiger partial charge is 0.466 e. The van der Waals surface area contributed by atoms with Crippen LogP contribution in [0.1, 0.15) is 41.9 Å². The van der Waals surface area contributed by atoms with E-state index in [1.54, 1.807) is 85.1 Å². The summed E-state index contributed by atoms with van der Waals surface area (Å²) in [5.74, 6) is -1.60. The molecule has 1 unspecified atom stereocenters. The van der Waals surface area contributed by atoms with Crippen LogP contribution in [0.5, 0.6) is 0 Å². The molecule has 1 heterocycles. The number of thiazole rings is 1. The molecule has 3 aromatic carbocycles. The van der Waals surface area contributed by atoms with Crippen LogP contribution < -0.4 is 16.0 Å². The zero-order valence-electron chi connectivity index (χ0n) is 24.5. The minimum absolute atomic E-state index is 0.00611. The Labute approximate surface area is 274 Å². The van der Waals surface area contributed by atoms with Crippen LogP contribution in [0.3, 0.4) is 0 Å². The minimum Gasteiger partial charge on any atom is -0.466 e. The summed E-state index contributed by atoms with van der Waals surface area (Å²) in [6.45, 7) is 3.93. The minimum atomic E-state index is -0.548. The van der Waals surface area contributed by atoms with Gasteiger partial charge in [0, 0.05) is 26.5 Å². The van der Waals surface area contributed by atoms with Crippen molar-refractivity contribution < 1.29 is 23.9 Å². The molecule has 0 aliphatic carbocycles.